The number of rotatable bonds is 3. The molecule has 0 N–H and O–H groups in total. The van der Waals surface area contributed by atoms with Crippen molar-refractivity contribution in [2.45, 2.75) is 18.7 Å². The lowest BCUT2D eigenvalue weighted by molar-refractivity contribution is -0.141. The molecular weight excluding hydrogens is 381 g/mol. The van der Waals surface area contributed by atoms with Gasteiger partial charge in [-0.1, -0.05) is 30.3 Å². The van der Waals surface area contributed by atoms with Crippen molar-refractivity contribution in [2.75, 3.05) is 24.6 Å². The monoisotopic (exact) mass is 400 g/mol. The van der Waals surface area contributed by atoms with Crippen LogP contribution in [0, 0.1) is 0 Å². The van der Waals surface area contributed by atoms with Gasteiger partial charge in [-0.05, 0) is 24.6 Å². The van der Waals surface area contributed by atoms with Crippen LogP contribution in [0.25, 0.3) is 11.4 Å². The van der Waals surface area contributed by atoms with Crippen LogP contribution in [-0.4, -0.2) is 34.6 Å². The Morgan fingerprint density at radius 1 is 1.07 bits per heavy atom. The van der Waals surface area contributed by atoms with Gasteiger partial charge in [-0.2, -0.15) is 13.2 Å². The van der Waals surface area contributed by atoms with Crippen molar-refractivity contribution in [1.82, 2.24) is 15.0 Å². The molecule has 0 spiro atoms. The molecule has 1 fully saturated rings. The highest BCUT2D eigenvalue weighted by atomic mass is 19.4. The van der Waals surface area contributed by atoms with Gasteiger partial charge in [-0.15, -0.1) is 0 Å². The highest BCUT2D eigenvalue weighted by Gasteiger charge is 2.37. The fraction of sp³-hybridized carbons (Fsp3) is 0.286. The summed E-state index contributed by atoms with van der Waals surface area (Å²) in [6.45, 7) is 3.11. The van der Waals surface area contributed by atoms with Gasteiger partial charge in [0.15, 0.2) is 11.5 Å². The van der Waals surface area contributed by atoms with Gasteiger partial charge in [0.1, 0.15) is 11.4 Å². The van der Waals surface area contributed by atoms with Gasteiger partial charge in [0.25, 0.3) is 0 Å². The van der Waals surface area contributed by atoms with Crippen LogP contribution < -0.4 is 4.90 Å². The molecule has 29 heavy (non-hydrogen) atoms. The van der Waals surface area contributed by atoms with Gasteiger partial charge in [0.05, 0.1) is 13.2 Å². The first-order valence-electron chi connectivity index (χ1n) is 9.16. The quantitative estimate of drug-likeness (QED) is 0.656. The molecule has 2 aromatic heterocycles. The average molecular weight is 400 g/mol. The predicted molar refractivity (Wildman–Crippen MR) is 102 cm³/mol. The molecule has 5 nitrogen and oxygen atoms in total. The summed E-state index contributed by atoms with van der Waals surface area (Å²) in [5, 5.41) is 0. The maximum Gasteiger partial charge on any atom is 0.433 e. The van der Waals surface area contributed by atoms with Crippen molar-refractivity contribution in [1.29, 1.82) is 0 Å². The summed E-state index contributed by atoms with van der Waals surface area (Å²) >= 11 is 0. The van der Waals surface area contributed by atoms with Crippen molar-refractivity contribution < 1.29 is 17.9 Å². The van der Waals surface area contributed by atoms with Crippen LogP contribution in [0.2, 0.25) is 0 Å². The van der Waals surface area contributed by atoms with Gasteiger partial charge >= 0.3 is 6.18 Å². The molecule has 3 heterocycles. The van der Waals surface area contributed by atoms with Crippen molar-refractivity contribution in [3.05, 3.63) is 72.2 Å². The van der Waals surface area contributed by atoms with E-state index in [1.165, 1.54) is 6.20 Å². The van der Waals surface area contributed by atoms with Gasteiger partial charge in [0, 0.05) is 30.6 Å². The van der Waals surface area contributed by atoms with E-state index in [0.29, 0.717) is 25.3 Å². The van der Waals surface area contributed by atoms with Gasteiger partial charge in [-0.25, -0.2) is 9.97 Å². The van der Waals surface area contributed by atoms with Crippen LogP contribution >= 0.6 is 0 Å². The molecule has 150 valence electrons. The van der Waals surface area contributed by atoms with Crippen molar-refractivity contribution in [3.8, 4) is 11.4 Å². The fourth-order valence-corrected chi connectivity index (χ4v) is 3.40. The maximum absolute atomic E-state index is 13.5. The van der Waals surface area contributed by atoms with E-state index < -0.39 is 17.5 Å². The van der Waals surface area contributed by atoms with E-state index in [-0.39, 0.29) is 11.6 Å². The summed E-state index contributed by atoms with van der Waals surface area (Å²) in [4.78, 5) is 13.9. The van der Waals surface area contributed by atoms with E-state index in [1.54, 1.807) is 18.3 Å². The molecule has 1 atom stereocenters. The van der Waals surface area contributed by atoms with E-state index in [1.807, 2.05) is 42.2 Å². The van der Waals surface area contributed by atoms with E-state index in [0.717, 1.165) is 11.6 Å². The molecule has 1 aromatic carbocycles. The molecule has 0 amide bonds. The van der Waals surface area contributed by atoms with Gasteiger partial charge in [0.2, 0.25) is 0 Å². The highest BCUT2D eigenvalue weighted by molar-refractivity contribution is 5.57. The van der Waals surface area contributed by atoms with Crippen LogP contribution in [0.15, 0.2) is 60.9 Å². The maximum atomic E-state index is 13.5. The van der Waals surface area contributed by atoms with Crippen LogP contribution in [-0.2, 0) is 16.5 Å². The lowest BCUT2D eigenvalue weighted by Gasteiger charge is -2.41. The van der Waals surface area contributed by atoms with Gasteiger partial charge in [-0.3, -0.25) is 4.98 Å². The number of anilines is 1. The lowest BCUT2D eigenvalue weighted by Crippen LogP contribution is -2.48. The van der Waals surface area contributed by atoms with Crippen LogP contribution in [0.1, 0.15) is 18.2 Å². The first kappa shape index (κ1) is 19.3. The number of nitrogens with zero attached hydrogens (tertiary/aromatic N) is 4. The summed E-state index contributed by atoms with van der Waals surface area (Å²) < 4.78 is 46.5. The number of pyridine rings is 1. The summed E-state index contributed by atoms with van der Waals surface area (Å²) in [7, 11) is 0. The Labute approximate surface area is 166 Å². The molecule has 1 aliphatic heterocycles. The molecule has 1 saturated heterocycles. The van der Waals surface area contributed by atoms with E-state index >= 15 is 0 Å². The number of alkyl halides is 3. The molecule has 0 radical (unpaired) electrons. The standard InChI is InChI=1S/C21H19F3N4O/c1-20(16-7-3-2-4-8-16)14-28(10-11-29-20)18-12-17(21(22,23)24)26-19(27-18)15-6-5-9-25-13-15/h2-9,12-13H,10-11,14H2,1H3. The number of hydrogen-bond donors (Lipinski definition) is 0. The molecule has 1 unspecified atom stereocenters. The predicted octanol–water partition coefficient (Wildman–Crippen LogP) is 4.31. The van der Waals surface area contributed by atoms with Crippen LogP contribution in [0.5, 0.6) is 0 Å². The second-order valence-electron chi connectivity index (χ2n) is 7.04. The molecule has 0 bridgehead atoms. The van der Waals surface area contributed by atoms with E-state index in [4.69, 9.17) is 4.74 Å². The summed E-state index contributed by atoms with van der Waals surface area (Å²) in [6.07, 6.45) is -1.58. The van der Waals surface area contributed by atoms with E-state index in [2.05, 4.69) is 15.0 Å². The Morgan fingerprint density at radius 3 is 2.55 bits per heavy atom. The number of ether oxygens (including phenoxy) is 1. The minimum Gasteiger partial charge on any atom is -0.367 e. The summed E-state index contributed by atoms with van der Waals surface area (Å²) in [5.74, 6) is 0.215. The second-order valence-corrected chi connectivity index (χ2v) is 7.04. The van der Waals surface area contributed by atoms with Crippen molar-refractivity contribution >= 4 is 5.82 Å². The first-order valence-corrected chi connectivity index (χ1v) is 9.16. The molecule has 1 aliphatic rings. The number of benzene rings is 1. The Kier molecular flexibility index (Phi) is 4.96. The lowest BCUT2D eigenvalue weighted by atomic mass is 9.94. The Morgan fingerprint density at radius 2 is 1.86 bits per heavy atom. The third-order valence-corrected chi connectivity index (χ3v) is 4.91. The third-order valence-electron chi connectivity index (χ3n) is 4.91. The smallest absolute Gasteiger partial charge is 0.367 e. The number of aromatic nitrogens is 3. The molecular formula is C21H19F3N4O. The Hall–Kier alpha value is -3.00. The fourth-order valence-electron chi connectivity index (χ4n) is 3.40. The Bertz CT molecular complexity index is 982. The third kappa shape index (κ3) is 4.07. The Balaban J connectivity index is 1.74. The minimum atomic E-state index is -4.58. The van der Waals surface area contributed by atoms with Crippen molar-refractivity contribution in [3.63, 3.8) is 0 Å². The largest absolute Gasteiger partial charge is 0.433 e. The van der Waals surface area contributed by atoms with Gasteiger partial charge < -0.3 is 9.64 Å². The SMILES string of the molecule is CC1(c2ccccc2)CN(c2cc(C(F)(F)F)nc(-c3cccnc3)n2)CCO1. The molecule has 3 aromatic rings. The number of halogens is 3. The van der Waals surface area contributed by atoms with E-state index in [9.17, 15) is 13.2 Å². The first-order chi connectivity index (χ1) is 13.9. The number of morpholine rings is 1. The zero-order valence-corrected chi connectivity index (χ0v) is 15.7. The zero-order valence-electron chi connectivity index (χ0n) is 15.7. The van der Waals surface area contributed by atoms with Crippen molar-refractivity contribution in [2.24, 2.45) is 0 Å². The average Bonchev–Trinajstić information content (AvgIpc) is 2.74. The van der Waals surface area contributed by atoms with Crippen LogP contribution in [0.4, 0.5) is 19.0 Å². The molecule has 0 saturated carbocycles. The summed E-state index contributed by atoms with van der Waals surface area (Å²) in [6, 6.07) is 13.9. The summed E-state index contributed by atoms with van der Waals surface area (Å²) in [5.41, 5.74) is -0.243. The number of hydrogen-bond acceptors (Lipinski definition) is 5. The normalized spacial score (nSPS) is 19.9. The molecule has 0 aliphatic carbocycles. The topological polar surface area (TPSA) is 51.1 Å². The van der Waals surface area contributed by atoms with Crippen LogP contribution in [0.3, 0.4) is 0 Å². The minimum absolute atomic E-state index is 0.00386. The second kappa shape index (κ2) is 7.44. The molecule has 4 rings (SSSR count). The highest BCUT2D eigenvalue weighted by Crippen LogP contribution is 2.35. The zero-order chi connectivity index (χ0) is 20.5. The molecule has 8 heteroatoms.